The minimum absolute atomic E-state index is 0.285. The third kappa shape index (κ3) is 2.00. The van der Waals surface area contributed by atoms with Crippen molar-refractivity contribution in [2.75, 3.05) is 0 Å². The maximum Gasteiger partial charge on any atom is 0.136 e. The summed E-state index contributed by atoms with van der Waals surface area (Å²) in [7, 11) is 0. The summed E-state index contributed by atoms with van der Waals surface area (Å²) in [6.45, 7) is 1.90. The predicted molar refractivity (Wildman–Crippen MR) is 59.4 cm³/mol. The van der Waals surface area contributed by atoms with Gasteiger partial charge >= 0.3 is 0 Å². The highest BCUT2D eigenvalue weighted by Crippen LogP contribution is 2.28. The van der Waals surface area contributed by atoms with Crippen molar-refractivity contribution in [1.82, 2.24) is 4.98 Å². The van der Waals surface area contributed by atoms with Gasteiger partial charge in [0.25, 0.3) is 0 Å². The van der Waals surface area contributed by atoms with Crippen molar-refractivity contribution in [3.63, 3.8) is 0 Å². The van der Waals surface area contributed by atoms with Crippen LogP contribution in [0.4, 0.5) is 4.39 Å². The van der Waals surface area contributed by atoms with E-state index in [4.69, 9.17) is 11.6 Å². The number of aromatic nitrogens is 1. The van der Waals surface area contributed by atoms with Crippen LogP contribution in [-0.4, -0.2) is 4.98 Å². The van der Waals surface area contributed by atoms with Crippen LogP contribution in [0.5, 0.6) is 0 Å². The zero-order chi connectivity index (χ0) is 10.8. The molecule has 15 heavy (non-hydrogen) atoms. The summed E-state index contributed by atoms with van der Waals surface area (Å²) in [6, 6.07) is 8.35. The molecule has 2 aromatic rings. The molecule has 0 atom stereocenters. The van der Waals surface area contributed by atoms with Crippen molar-refractivity contribution >= 4 is 11.6 Å². The van der Waals surface area contributed by atoms with Crippen molar-refractivity contribution in [3.8, 4) is 11.1 Å². The Bertz CT molecular complexity index is 497. The second-order valence-corrected chi connectivity index (χ2v) is 3.69. The first-order valence-corrected chi connectivity index (χ1v) is 4.93. The van der Waals surface area contributed by atoms with E-state index in [0.717, 1.165) is 5.56 Å². The summed E-state index contributed by atoms with van der Waals surface area (Å²) in [5.41, 5.74) is 2.08. The lowest BCUT2D eigenvalue weighted by molar-refractivity contribution is 0.631. The molecule has 3 heteroatoms. The molecule has 1 heterocycles. The van der Waals surface area contributed by atoms with Crippen LogP contribution in [0, 0.1) is 12.7 Å². The molecule has 0 aliphatic carbocycles. The number of hydrogen-bond acceptors (Lipinski definition) is 1. The Hall–Kier alpha value is -1.41. The van der Waals surface area contributed by atoms with Gasteiger partial charge in [0, 0.05) is 17.3 Å². The number of pyridine rings is 1. The lowest BCUT2D eigenvalue weighted by Gasteiger charge is -2.05. The molecule has 0 bridgehead atoms. The number of hydrogen-bond donors (Lipinski definition) is 0. The molecular weight excluding hydrogens is 213 g/mol. The molecule has 76 valence electrons. The standard InChI is InChI=1S/C12H9ClFN/c1-8-6-10(12(13)15-7-8)9-4-2-3-5-11(9)14/h2-7H,1H3. The fourth-order valence-corrected chi connectivity index (χ4v) is 1.63. The van der Waals surface area contributed by atoms with E-state index < -0.39 is 0 Å². The molecule has 0 aliphatic heterocycles. The molecule has 0 saturated carbocycles. The Balaban J connectivity index is 2.64. The number of halogens is 2. The van der Waals surface area contributed by atoms with E-state index in [1.54, 1.807) is 24.4 Å². The average molecular weight is 222 g/mol. The van der Waals surface area contributed by atoms with Crippen LogP contribution in [0.2, 0.25) is 5.15 Å². The predicted octanol–water partition coefficient (Wildman–Crippen LogP) is 3.85. The average Bonchev–Trinajstić information content (AvgIpc) is 2.23. The quantitative estimate of drug-likeness (QED) is 0.667. The van der Waals surface area contributed by atoms with Gasteiger partial charge in [0.2, 0.25) is 0 Å². The number of rotatable bonds is 1. The van der Waals surface area contributed by atoms with Gasteiger partial charge in [-0.25, -0.2) is 9.37 Å². The van der Waals surface area contributed by atoms with Crippen LogP contribution in [0.3, 0.4) is 0 Å². The minimum Gasteiger partial charge on any atom is -0.244 e. The Morgan fingerprint density at radius 2 is 1.93 bits per heavy atom. The Morgan fingerprint density at radius 3 is 2.67 bits per heavy atom. The molecule has 0 aliphatic rings. The number of nitrogens with zero attached hydrogens (tertiary/aromatic N) is 1. The molecule has 1 nitrogen and oxygen atoms in total. The third-order valence-electron chi connectivity index (χ3n) is 2.14. The van der Waals surface area contributed by atoms with E-state index in [1.165, 1.54) is 6.07 Å². The van der Waals surface area contributed by atoms with Crippen LogP contribution in [0.25, 0.3) is 11.1 Å². The molecular formula is C12H9ClFN. The van der Waals surface area contributed by atoms with E-state index in [1.807, 2.05) is 13.0 Å². The first kappa shape index (κ1) is 10.1. The minimum atomic E-state index is -0.285. The summed E-state index contributed by atoms with van der Waals surface area (Å²) in [4.78, 5) is 3.99. The summed E-state index contributed by atoms with van der Waals surface area (Å²) in [5, 5.41) is 0.325. The highest BCUT2D eigenvalue weighted by molar-refractivity contribution is 6.32. The smallest absolute Gasteiger partial charge is 0.136 e. The molecule has 0 fully saturated rings. The molecule has 1 aromatic heterocycles. The van der Waals surface area contributed by atoms with Gasteiger partial charge < -0.3 is 0 Å². The van der Waals surface area contributed by atoms with Crippen LogP contribution < -0.4 is 0 Å². The van der Waals surface area contributed by atoms with Crippen LogP contribution in [-0.2, 0) is 0 Å². The van der Waals surface area contributed by atoms with Gasteiger partial charge in [-0.1, -0.05) is 29.8 Å². The van der Waals surface area contributed by atoms with Crippen molar-refractivity contribution in [2.24, 2.45) is 0 Å². The highest BCUT2D eigenvalue weighted by atomic mass is 35.5. The summed E-state index contributed by atoms with van der Waals surface area (Å²) in [6.07, 6.45) is 1.66. The van der Waals surface area contributed by atoms with Gasteiger partial charge in [0.1, 0.15) is 11.0 Å². The van der Waals surface area contributed by atoms with Gasteiger partial charge in [0.15, 0.2) is 0 Å². The molecule has 0 saturated heterocycles. The second-order valence-electron chi connectivity index (χ2n) is 3.33. The zero-order valence-electron chi connectivity index (χ0n) is 8.17. The van der Waals surface area contributed by atoms with E-state index in [0.29, 0.717) is 16.3 Å². The maximum atomic E-state index is 13.5. The van der Waals surface area contributed by atoms with Gasteiger partial charge in [-0.15, -0.1) is 0 Å². The number of benzene rings is 1. The fourth-order valence-electron chi connectivity index (χ4n) is 1.42. The lowest BCUT2D eigenvalue weighted by Crippen LogP contribution is -1.88. The normalized spacial score (nSPS) is 10.3. The van der Waals surface area contributed by atoms with E-state index in [9.17, 15) is 4.39 Å². The topological polar surface area (TPSA) is 12.9 Å². The molecule has 0 amide bonds. The monoisotopic (exact) mass is 221 g/mol. The van der Waals surface area contributed by atoms with E-state index >= 15 is 0 Å². The van der Waals surface area contributed by atoms with Crippen LogP contribution >= 0.6 is 11.6 Å². The molecule has 2 rings (SSSR count). The molecule has 0 unspecified atom stereocenters. The van der Waals surface area contributed by atoms with Crippen LogP contribution in [0.1, 0.15) is 5.56 Å². The largest absolute Gasteiger partial charge is 0.244 e. The SMILES string of the molecule is Cc1cnc(Cl)c(-c2ccccc2F)c1. The zero-order valence-corrected chi connectivity index (χ0v) is 8.92. The second kappa shape index (κ2) is 3.99. The van der Waals surface area contributed by atoms with Crippen molar-refractivity contribution < 1.29 is 4.39 Å². The molecule has 0 spiro atoms. The Labute approximate surface area is 92.5 Å². The van der Waals surface area contributed by atoms with E-state index in [2.05, 4.69) is 4.98 Å². The third-order valence-corrected chi connectivity index (χ3v) is 2.44. The highest BCUT2D eigenvalue weighted by Gasteiger charge is 2.08. The summed E-state index contributed by atoms with van der Waals surface area (Å²) < 4.78 is 13.5. The maximum absolute atomic E-state index is 13.5. The van der Waals surface area contributed by atoms with E-state index in [-0.39, 0.29) is 5.82 Å². The molecule has 0 radical (unpaired) electrons. The van der Waals surface area contributed by atoms with Gasteiger partial charge in [-0.2, -0.15) is 0 Å². The van der Waals surface area contributed by atoms with Crippen molar-refractivity contribution in [3.05, 3.63) is 53.1 Å². The van der Waals surface area contributed by atoms with Crippen molar-refractivity contribution in [1.29, 1.82) is 0 Å². The molecule has 1 aromatic carbocycles. The Morgan fingerprint density at radius 1 is 1.20 bits per heavy atom. The van der Waals surface area contributed by atoms with Gasteiger partial charge in [-0.05, 0) is 24.6 Å². The van der Waals surface area contributed by atoms with Gasteiger partial charge in [-0.3, -0.25) is 0 Å². The first-order chi connectivity index (χ1) is 7.18. The summed E-state index contributed by atoms with van der Waals surface area (Å²) in [5.74, 6) is -0.285. The lowest BCUT2D eigenvalue weighted by atomic mass is 10.1. The Kier molecular flexibility index (Phi) is 2.69. The first-order valence-electron chi connectivity index (χ1n) is 4.55. The fraction of sp³-hybridized carbons (Fsp3) is 0.0833. The van der Waals surface area contributed by atoms with Gasteiger partial charge in [0.05, 0.1) is 0 Å². The number of aryl methyl sites for hydroxylation is 1. The summed E-state index contributed by atoms with van der Waals surface area (Å²) >= 11 is 5.92. The van der Waals surface area contributed by atoms with Crippen molar-refractivity contribution in [2.45, 2.75) is 6.92 Å². The molecule has 0 N–H and O–H groups in total. The van der Waals surface area contributed by atoms with Crippen LogP contribution in [0.15, 0.2) is 36.5 Å².